The van der Waals surface area contributed by atoms with E-state index in [2.05, 4.69) is 54.2 Å². The van der Waals surface area contributed by atoms with Gasteiger partial charge in [-0.05, 0) is 64.2 Å². The molecule has 0 saturated carbocycles. The molecule has 1 N–H and O–H groups in total. The molecule has 1 aromatic carbocycles. The number of halogens is 1. The molecule has 1 aliphatic rings. The first kappa shape index (κ1) is 24.2. The van der Waals surface area contributed by atoms with Crippen molar-refractivity contribution in [1.29, 1.82) is 5.26 Å². The molecule has 1 heterocycles. The largest absolute Gasteiger partial charge is 0.492 e. The summed E-state index contributed by atoms with van der Waals surface area (Å²) >= 11 is 3.58. The second kappa shape index (κ2) is 11.4. The lowest BCUT2D eigenvalue weighted by atomic mass is 9.87. The van der Waals surface area contributed by atoms with Gasteiger partial charge >= 0.3 is 0 Å². The first-order chi connectivity index (χ1) is 14.2. The normalized spacial score (nSPS) is 14.8. The van der Waals surface area contributed by atoms with Crippen LogP contribution in [0.1, 0.15) is 58.4 Å². The van der Waals surface area contributed by atoms with Gasteiger partial charge in [-0.3, -0.25) is 9.59 Å². The third-order valence-electron chi connectivity index (χ3n) is 5.39. The third kappa shape index (κ3) is 7.64. The van der Waals surface area contributed by atoms with Crippen LogP contribution in [0, 0.1) is 17.2 Å². The monoisotopic (exact) mass is 477 g/mol. The average Bonchev–Trinajstić information content (AvgIpc) is 2.70. The first-order valence-electron chi connectivity index (χ1n) is 10.5. The summed E-state index contributed by atoms with van der Waals surface area (Å²) in [6.07, 6.45) is 2.80. The highest BCUT2D eigenvalue weighted by molar-refractivity contribution is 9.10. The predicted octanol–water partition coefficient (Wildman–Crippen LogP) is 4.17. The fourth-order valence-electron chi connectivity index (χ4n) is 3.43. The number of ether oxygens (including phenoxy) is 1. The number of likely N-dealkylation sites (tertiary alicyclic amines) is 1. The molecule has 0 bridgehead atoms. The third-order valence-corrected chi connectivity index (χ3v) is 6.00. The van der Waals surface area contributed by atoms with Crippen molar-refractivity contribution in [3.63, 3.8) is 0 Å². The molecular weight excluding hydrogens is 446 g/mol. The number of hydrogen-bond acceptors (Lipinski definition) is 4. The molecule has 2 rings (SSSR count). The van der Waals surface area contributed by atoms with Crippen LogP contribution in [0.4, 0.5) is 0 Å². The molecule has 7 heteroatoms. The highest BCUT2D eigenvalue weighted by Gasteiger charge is 2.23. The van der Waals surface area contributed by atoms with Crippen molar-refractivity contribution in [2.45, 2.75) is 58.3 Å². The number of rotatable bonds is 8. The van der Waals surface area contributed by atoms with E-state index < -0.39 is 0 Å². The van der Waals surface area contributed by atoms with Crippen molar-refractivity contribution < 1.29 is 14.3 Å². The zero-order valence-corrected chi connectivity index (χ0v) is 19.8. The van der Waals surface area contributed by atoms with Gasteiger partial charge in [0.15, 0.2) is 0 Å². The lowest BCUT2D eigenvalue weighted by Gasteiger charge is -2.32. The Hall–Kier alpha value is -2.07. The van der Waals surface area contributed by atoms with Crippen molar-refractivity contribution in [3.05, 3.63) is 28.2 Å². The summed E-state index contributed by atoms with van der Waals surface area (Å²) in [5.41, 5.74) is 1.33. The highest BCUT2D eigenvalue weighted by atomic mass is 79.9. The smallest absolute Gasteiger partial charge is 0.234 e. The molecule has 0 unspecified atom stereocenters. The van der Waals surface area contributed by atoms with E-state index in [4.69, 9.17) is 10.00 Å². The van der Waals surface area contributed by atoms with Gasteiger partial charge in [0.2, 0.25) is 11.8 Å². The Morgan fingerprint density at radius 3 is 2.60 bits per heavy atom. The molecule has 30 heavy (non-hydrogen) atoms. The lowest BCUT2D eigenvalue weighted by Crippen LogP contribution is -2.41. The zero-order valence-electron chi connectivity index (χ0n) is 18.2. The first-order valence-corrected chi connectivity index (χ1v) is 11.3. The van der Waals surface area contributed by atoms with Gasteiger partial charge in [-0.1, -0.05) is 26.8 Å². The number of nitrogens with one attached hydrogen (secondary N) is 1. The molecule has 1 aliphatic heterocycles. The summed E-state index contributed by atoms with van der Waals surface area (Å²) in [5.74, 6) is 1.10. The summed E-state index contributed by atoms with van der Waals surface area (Å²) in [5, 5.41) is 11.3. The summed E-state index contributed by atoms with van der Waals surface area (Å²) in [6, 6.07) is 8.00. The van der Waals surface area contributed by atoms with Gasteiger partial charge in [0, 0.05) is 26.1 Å². The summed E-state index contributed by atoms with van der Waals surface area (Å²) in [7, 11) is 0. The van der Waals surface area contributed by atoms with Crippen molar-refractivity contribution >= 4 is 27.7 Å². The fraction of sp³-hybridized carbons (Fsp3) is 0.609. The minimum atomic E-state index is -0.226. The minimum absolute atomic E-state index is 0.0865. The fourth-order valence-corrected chi connectivity index (χ4v) is 3.92. The molecule has 1 fully saturated rings. The number of hydrogen-bond donors (Lipinski definition) is 1. The van der Waals surface area contributed by atoms with Crippen LogP contribution < -0.4 is 10.1 Å². The molecule has 6 nitrogen and oxygen atoms in total. The molecule has 2 amide bonds. The molecule has 0 aromatic heterocycles. The van der Waals surface area contributed by atoms with Crippen molar-refractivity contribution in [3.8, 4) is 11.8 Å². The summed E-state index contributed by atoms with van der Waals surface area (Å²) < 4.78 is 6.79. The van der Waals surface area contributed by atoms with Gasteiger partial charge in [-0.25, -0.2) is 0 Å². The van der Waals surface area contributed by atoms with Gasteiger partial charge < -0.3 is 15.0 Å². The van der Waals surface area contributed by atoms with E-state index >= 15 is 0 Å². The maximum atomic E-state index is 12.4. The van der Waals surface area contributed by atoms with Gasteiger partial charge in [-0.15, -0.1) is 0 Å². The van der Waals surface area contributed by atoms with Crippen LogP contribution in [0.15, 0.2) is 22.7 Å². The van der Waals surface area contributed by atoms with Gasteiger partial charge in [0.05, 0.1) is 17.1 Å². The molecule has 1 aromatic rings. The highest BCUT2D eigenvalue weighted by Crippen LogP contribution is 2.31. The van der Waals surface area contributed by atoms with Crippen LogP contribution in [-0.2, 0) is 15.0 Å². The van der Waals surface area contributed by atoms with Crippen LogP contribution in [-0.4, -0.2) is 43.0 Å². The minimum Gasteiger partial charge on any atom is -0.492 e. The van der Waals surface area contributed by atoms with Crippen LogP contribution in [0.25, 0.3) is 0 Å². The van der Waals surface area contributed by atoms with Crippen molar-refractivity contribution in [2.24, 2.45) is 5.92 Å². The molecule has 0 spiro atoms. The molecule has 164 valence electrons. The van der Waals surface area contributed by atoms with E-state index in [1.807, 2.05) is 17.0 Å². The quantitative estimate of drug-likeness (QED) is 0.569. The number of nitriles is 1. The Balaban J connectivity index is 1.66. The van der Waals surface area contributed by atoms with Crippen LogP contribution in [0.3, 0.4) is 0 Å². The molecular formula is C23H32BrN3O3. The predicted molar refractivity (Wildman–Crippen MR) is 120 cm³/mol. The number of carbonyl (C=O) groups excluding carboxylic acids is 2. The van der Waals surface area contributed by atoms with Gasteiger partial charge in [0.1, 0.15) is 12.2 Å². The number of piperidine rings is 1. The van der Waals surface area contributed by atoms with Crippen molar-refractivity contribution in [1.82, 2.24) is 10.2 Å². The second-order valence-corrected chi connectivity index (χ2v) is 9.66. The maximum absolute atomic E-state index is 12.4. The van der Waals surface area contributed by atoms with E-state index in [-0.39, 0.29) is 23.7 Å². The number of carbonyl (C=O) groups is 2. The topological polar surface area (TPSA) is 82.4 Å². The summed E-state index contributed by atoms with van der Waals surface area (Å²) in [4.78, 5) is 25.7. The number of benzene rings is 1. The van der Waals surface area contributed by atoms with Gasteiger partial charge in [0.25, 0.3) is 0 Å². The number of amides is 2. The van der Waals surface area contributed by atoms with Crippen molar-refractivity contribution in [2.75, 3.05) is 26.2 Å². The Morgan fingerprint density at radius 1 is 1.30 bits per heavy atom. The Morgan fingerprint density at radius 2 is 2.00 bits per heavy atom. The van der Waals surface area contributed by atoms with E-state index in [0.29, 0.717) is 31.9 Å². The Bertz CT molecular complexity index is 775. The van der Waals surface area contributed by atoms with E-state index in [1.54, 1.807) is 0 Å². The Labute approximate surface area is 188 Å². The van der Waals surface area contributed by atoms with Crippen LogP contribution in [0.2, 0.25) is 0 Å². The summed E-state index contributed by atoms with van der Waals surface area (Å²) in [6.45, 7) is 9.05. The molecule has 1 saturated heterocycles. The van der Waals surface area contributed by atoms with E-state index in [9.17, 15) is 9.59 Å². The van der Waals surface area contributed by atoms with Crippen LogP contribution in [0.5, 0.6) is 5.75 Å². The molecule has 0 aliphatic carbocycles. The van der Waals surface area contributed by atoms with E-state index in [1.165, 1.54) is 5.56 Å². The molecule has 0 radical (unpaired) electrons. The average molecular weight is 478 g/mol. The maximum Gasteiger partial charge on any atom is 0.234 e. The van der Waals surface area contributed by atoms with Crippen LogP contribution >= 0.6 is 15.9 Å². The Kier molecular flexibility index (Phi) is 9.16. The SMILES string of the molecule is CC(C)(C)c1ccc(OCCCC(=O)N2CCC(CNC(=O)CC#N)CC2)c(Br)c1. The zero-order chi connectivity index (χ0) is 22.1. The lowest BCUT2D eigenvalue weighted by molar-refractivity contribution is -0.133. The van der Waals surface area contributed by atoms with E-state index in [0.717, 1.165) is 36.2 Å². The standard InChI is InChI=1S/C23H32BrN3O3/c1-23(2,3)18-6-7-20(19(24)15-18)30-14-4-5-22(29)27-12-9-17(10-13-27)16-26-21(28)8-11-25/h6-7,15,17H,4-5,8-10,12-14,16H2,1-3H3,(H,26,28). The number of nitrogens with zero attached hydrogens (tertiary/aromatic N) is 2. The second-order valence-electron chi connectivity index (χ2n) is 8.81. The molecule has 0 atom stereocenters. The van der Waals surface area contributed by atoms with Gasteiger partial charge in [-0.2, -0.15) is 5.26 Å².